The summed E-state index contributed by atoms with van der Waals surface area (Å²) in [7, 11) is -4.00. The molecule has 0 bridgehead atoms. The van der Waals surface area contributed by atoms with Crippen LogP contribution in [0.3, 0.4) is 0 Å². The molecule has 3 rings (SSSR count). The van der Waals surface area contributed by atoms with Gasteiger partial charge in [-0.25, -0.2) is 8.42 Å². The fourth-order valence-corrected chi connectivity index (χ4v) is 4.66. The molecular formula is C20H20ClF3N2O5S. The van der Waals surface area contributed by atoms with Crippen molar-refractivity contribution in [2.45, 2.75) is 41.0 Å². The van der Waals surface area contributed by atoms with Crippen molar-refractivity contribution in [2.75, 3.05) is 23.3 Å². The van der Waals surface area contributed by atoms with Crippen LogP contribution >= 0.6 is 11.6 Å². The number of halogens is 4. The maximum atomic E-state index is 12.9. The summed E-state index contributed by atoms with van der Waals surface area (Å²) >= 11 is 5.98. The van der Waals surface area contributed by atoms with Crippen molar-refractivity contribution >= 4 is 38.7 Å². The number of β-amino-alcohol motifs (C(OH)–C–C–N with tert-alkyl or cyclic N) is 1. The molecule has 1 aliphatic rings. The highest BCUT2D eigenvalue weighted by molar-refractivity contribution is 7.91. The molecule has 174 valence electrons. The van der Waals surface area contributed by atoms with E-state index in [1.54, 1.807) is 12.1 Å². The minimum Gasteiger partial charge on any atom is -0.391 e. The van der Waals surface area contributed by atoms with Crippen molar-refractivity contribution in [1.29, 1.82) is 0 Å². The van der Waals surface area contributed by atoms with Gasteiger partial charge < -0.3 is 20.4 Å². The maximum absolute atomic E-state index is 12.9. The highest BCUT2D eigenvalue weighted by Gasteiger charge is 2.55. The Morgan fingerprint density at radius 2 is 1.75 bits per heavy atom. The van der Waals surface area contributed by atoms with Crippen molar-refractivity contribution < 1.29 is 36.6 Å². The van der Waals surface area contributed by atoms with Crippen LogP contribution < -0.4 is 10.2 Å². The highest BCUT2D eigenvalue weighted by atomic mass is 35.5. The molecule has 0 spiro atoms. The number of rotatable bonds is 5. The molecule has 0 radical (unpaired) electrons. The zero-order valence-electron chi connectivity index (χ0n) is 16.7. The number of nitrogens with one attached hydrogen (secondary N) is 1. The molecule has 3 N–H and O–H groups in total. The molecule has 1 fully saturated rings. The lowest BCUT2D eigenvalue weighted by Gasteiger charge is -2.25. The molecule has 7 nitrogen and oxygen atoms in total. The number of amides is 1. The Labute approximate surface area is 187 Å². The zero-order valence-corrected chi connectivity index (χ0v) is 18.3. The minimum atomic E-state index is -5.22. The monoisotopic (exact) mass is 492 g/mol. The lowest BCUT2D eigenvalue weighted by molar-refractivity contribution is -0.242. The Bertz CT molecular complexity index is 1120. The van der Waals surface area contributed by atoms with Crippen LogP contribution in [0, 0.1) is 0 Å². The molecule has 2 unspecified atom stereocenters. The van der Waals surface area contributed by atoms with E-state index in [0.29, 0.717) is 26.4 Å². The van der Waals surface area contributed by atoms with Gasteiger partial charge in [0.1, 0.15) is 0 Å². The number of carbonyl (C=O) groups excluding carboxylic acids is 1. The molecule has 1 heterocycles. The summed E-state index contributed by atoms with van der Waals surface area (Å²) in [6.45, 7) is 1.40. The van der Waals surface area contributed by atoms with Crippen LogP contribution in [0.2, 0.25) is 5.02 Å². The van der Waals surface area contributed by atoms with E-state index in [1.807, 2.05) is 10.2 Å². The number of aliphatic hydroxyl groups is 2. The molecule has 0 aromatic heterocycles. The predicted octanol–water partition coefficient (Wildman–Crippen LogP) is 3.00. The van der Waals surface area contributed by atoms with Gasteiger partial charge in [0.2, 0.25) is 15.4 Å². The summed E-state index contributed by atoms with van der Waals surface area (Å²) in [5.74, 6) is -1.76. The average Bonchev–Trinajstić information content (AvgIpc) is 3.15. The Hall–Kier alpha value is -2.34. The van der Waals surface area contributed by atoms with Gasteiger partial charge in [-0.3, -0.25) is 4.79 Å². The number of carbonyl (C=O) groups is 1. The van der Waals surface area contributed by atoms with Crippen LogP contribution in [-0.4, -0.2) is 55.5 Å². The molecule has 1 saturated heterocycles. The first-order valence-electron chi connectivity index (χ1n) is 9.42. The smallest absolute Gasteiger partial charge is 0.391 e. The van der Waals surface area contributed by atoms with E-state index in [-0.39, 0.29) is 20.5 Å². The predicted molar refractivity (Wildman–Crippen MR) is 111 cm³/mol. The van der Waals surface area contributed by atoms with E-state index in [0.717, 1.165) is 23.9 Å². The van der Waals surface area contributed by atoms with Crippen molar-refractivity contribution in [3.05, 3.63) is 47.5 Å². The lowest BCUT2D eigenvalue weighted by atomic mass is 10.1. The topological polar surface area (TPSA) is 107 Å². The average molecular weight is 493 g/mol. The van der Waals surface area contributed by atoms with Gasteiger partial charge in [-0.15, -0.1) is 0 Å². The molecule has 12 heteroatoms. The highest BCUT2D eigenvalue weighted by Crippen LogP contribution is 2.34. The summed E-state index contributed by atoms with van der Waals surface area (Å²) in [5, 5.41) is 20.6. The third-order valence-corrected chi connectivity index (χ3v) is 7.25. The largest absolute Gasteiger partial charge is 0.426 e. The van der Waals surface area contributed by atoms with E-state index < -0.39 is 33.6 Å². The molecule has 0 aliphatic carbocycles. The number of hydrogen-bond donors (Lipinski definition) is 3. The molecule has 1 aliphatic heterocycles. The summed E-state index contributed by atoms with van der Waals surface area (Å²) in [4.78, 5) is 13.5. The van der Waals surface area contributed by atoms with Crippen LogP contribution in [0.25, 0.3) is 0 Å². The third-order valence-electron chi connectivity index (χ3n) is 5.17. The van der Waals surface area contributed by atoms with Crippen molar-refractivity contribution in [1.82, 2.24) is 0 Å². The number of anilines is 2. The molecule has 2 aromatic rings. The van der Waals surface area contributed by atoms with Crippen LogP contribution in [0.4, 0.5) is 24.5 Å². The summed E-state index contributed by atoms with van der Waals surface area (Å²) < 4.78 is 64.2. The van der Waals surface area contributed by atoms with Crippen molar-refractivity contribution in [2.24, 2.45) is 0 Å². The number of benzene rings is 2. The van der Waals surface area contributed by atoms with Crippen molar-refractivity contribution in [3.63, 3.8) is 0 Å². The van der Waals surface area contributed by atoms with E-state index >= 15 is 0 Å². The SMILES string of the molecule is CC(O)(C(=O)Nc1ccc(S(=O)(=O)c2ccc(N3CCC(O)C3)cc2)cc1Cl)C(F)(F)F. The van der Waals surface area contributed by atoms with E-state index in [1.165, 1.54) is 12.1 Å². The second-order valence-electron chi connectivity index (χ2n) is 7.55. The fraction of sp³-hybridized carbons (Fsp3) is 0.350. The van der Waals surface area contributed by atoms with Gasteiger partial charge in [-0.1, -0.05) is 11.6 Å². The van der Waals surface area contributed by atoms with Crippen LogP contribution in [-0.2, 0) is 14.6 Å². The summed E-state index contributed by atoms with van der Waals surface area (Å²) in [6.07, 6.45) is -5.02. The third kappa shape index (κ3) is 4.70. The molecule has 32 heavy (non-hydrogen) atoms. The number of nitrogens with zero attached hydrogens (tertiary/aromatic N) is 1. The molecule has 2 aromatic carbocycles. The number of hydrogen-bond acceptors (Lipinski definition) is 6. The van der Waals surface area contributed by atoms with E-state index in [9.17, 15) is 36.6 Å². The standard InChI is InChI=1S/C20H20ClF3N2O5S/c1-19(29,20(22,23)24)18(28)25-17-7-6-15(10-16(17)21)32(30,31)14-4-2-12(3-5-14)26-9-8-13(27)11-26/h2-7,10,13,27,29H,8-9,11H2,1H3,(H,25,28). The Kier molecular flexibility index (Phi) is 6.49. The second-order valence-corrected chi connectivity index (χ2v) is 9.91. The Morgan fingerprint density at radius 3 is 2.25 bits per heavy atom. The van der Waals surface area contributed by atoms with Crippen molar-refractivity contribution in [3.8, 4) is 0 Å². The minimum absolute atomic E-state index is 0.0335. The van der Waals surface area contributed by atoms with Gasteiger partial charge in [0.25, 0.3) is 5.91 Å². The number of sulfone groups is 1. The normalized spacial score (nSPS) is 19.0. The first-order valence-corrected chi connectivity index (χ1v) is 11.3. The van der Waals surface area contributed by atoms with E-state index in [2.05, 4.69) is 0 Å². The Balaban J connectivity index is 1.81. The first kappa shape index (κ1) is 24.3. The molecule has 0 saturated carbocycles. The van der Waals surface area contributed by atoms with E-state index in [4.69, 9.17) is 11.6 Å². The number of alkyl halides is 3. The van der Waals surface area contributed by atoms with Gasteiger partial charge in [-0.05, 0) is 55.8 Å². The second kappa shape index (κ2) is 8.54. The lowest BCUT2D eigenvalue weighted by Crippen LogP contribution is -2.52. The van der Waals surface area contributed by atoms with Gasteiger partial charge in [0.05, 0.1) is 26.6 Å². The van der Waals surface area contributed by atoms with Crippen LogP contribution in [0.1, 0.15) is 13.3 Å². The maximum Gasteiger partial charge on any atom is 0.426 e. The number of aliphatic hydroxyl groups excluding tert-OH is 1. The van der Waals surface area contributed by atoms with Gasteiger partial charge in [-0.2, -0.15) is 13.2 Å². The molecule has 1 amide bonds. The quantitative estimate of drug-likeness (QED) is 0.592. The molecule has 2 atom stereocenters. The summed E-state index contributed by atoms with van der Waals surface area (Å²) in [6, 6.07) is 9.16. The Morgan fingerprint density at radius 1 is 1.16 bits per heavy atom. The van der Waals surface area contributed by atoms with Crippen LogP contribution in [0.5, 0.6) is 0 Å². The first-order chi connectivity index (χ1) is 14.7. The summed E-state index contributed by atoms with van der Waals surface area (Å²) in [5.41, 5.74) is -3.19. The fourth-order valence-electron chi connectivity index (χ4n) is 3.09. The zero-order chi connectivity index (χ0) is 23.9. The van der Waals surface area contributed by atoms with Gasteiger partial charge >= 0.3 is 6.18 Å². The van der Waals surface area contributed by atoms with Gasteiger partial charge in [0, 0.05) is 18.8 Å². The van der Waals surface area contributed by atoms with Crippen LogP contribution in [0.15, 0.2) is 52.3 Å². The van der Waals surface area contributed by atoms with Gasteiger partial charge in [0.15, 0.2) is 0 Å². The molecular weight excluding hydrogens is 473 g/mol.